The van der Waals surface area contributed by atoms with E-state index >= 15 is 0 Å². The number of carbonyl (C=O) groups is 3. The monoisotopic (exact) mass is 347 g/mol. The fourth-order valence-electron chi connectivity index (χ4n) is 2.57. The molecule has 0 saturated carbocycles. The van der Waals surface area contributed by atoms with Crippen LogP contribution >= 0.6 is 0 Å². The van der Waals surface area contributed by atoms with Crippen molar-refractivity contribution in [3.63, 3.8) is 0 Å². The molecule has 0 aliphatic carbocycles. The van der Waals surface area contributed by atoms with Gasteiger partial charge in [0.25, 0.3) is 5.91 Å². The second kappa shape index (κ2) is 8.27. The van der Waals surface area contributed by atoms with Gasteiger partial charge in [-0.15, -0.1) is 0 Å². The Kier molecular flexibility index (Phi) is 6.10. The summed E-state index contributed by atoms with van der Waals surface area (Å²) in [5.41, 5.74) is 0.567. The summed E-state index contributed by atoms with van der Waals surface area (Å²) in [7, 11) is 0. The van der Waals surface area contributed by atoms with Gasteiger partial charge in [0.2, 0.25) is 0 Å². The molecular formula is C17H21N3O5. The summed E-state index contributed by atoms with van der Waals surface area (Å²) in [5.74, 6) is -2.86. The number of carbonyl (C=O) groups excluding carboxylic acids is 1. The molecule has 1 aromatic carbocycles. The average molecular weight is 347 g/mol. The van der Waals surface area contributed by atoms with Crippen molar-refractivity contribution >= 4 is 29.2 Å². The normalized spacial score (nSPS) is 17.7. The molecule has 1 heterocycles. The Hall–Kier alpha value is -2.90. The molecule has 1 aliphatic heterocycles. The Morgan fingerprint density at radius 3 is 2.52 bits per heavy atom. The third-order valence-corrected chi connectivity index (χ3v) is 3.93. The summed E-state index contributed by atoms with van der Waals surface area (Å²) in [6.45, 7) is 1.93. The van der Waals surface area contributed by atoms with E-state index in [0.29, 0.717) is 18.5 Å². The summed E-state index contributed by atoms with van der Waals surface area (Å²) in [6.07, 6.45) is 1.70. The molecule has 8 nitrogen and oxygen atoms in total. The van der Waals surface area contributed by atoms with E-state index in [-0.39, 0.29) is 12.1 Å². The first-order valence-corrected chi connectivity index (χ1v) is 8.12. The highest BCUT2D eigenvalue weighted by atomic mass is 16.4. The zero-order valence-electron chi connectivity index (χ0n) is 13.9. The van der Waals surface area contributed by atoms with Crippen molar-refractivity contribution in [2.75, 3.05) is 5.01 Å². The van der Waals surface area contributed by atoms with Crippen LogP contribution in [-0.2, 0) is 14.4 Å². The molecular weight excluding hydrogens is 326 g/mol. The van der Waals surface area contributed by atoms with E-state index in [4.69, 9.17) is 0 Å². The van der Waals surface area contributed by atoms with Crippen LogP contribution in [0.1, 0.15) is 32.6 Å². The maximum atomic E-state index is 12.3. The van der Waals surface area contributed by atoms with E-state index in [1.165, 1.54) is 5.01 Å². The molecule has 2 rings (SSSR count). The van der Waals surface area contributed by atoms with Crippen molar-refractivity contribution in [3.05, 3.63) is 30.3 Å². The molecule has 1 unspecified atom stereocenters. The van der Waals surface area contributed by atoms with Crippen molar-refractivity contribution in [3.8, 4) is 0 Å². The number of hydrogen-bond acceptors (Lipinski definition) is 5. The van der Waals surface area contributed by atoms with Crippen LogP contribution in [0, 0.1) is 0 Å². The third-order valence-electron chi connectivity index (χ3n) is 3.93. The van der Waals surface area contributed by atoms with Crippen LogP contribution in [-0.4, -0.2) is 45.9 Å². The van der Waals surface area contributed by atoms with Crippen LogP contribution in [0.5, 0.6) is 0 Å². The summed E-state index contributed by atoms with van der Waals surface area (Å²) < 4.78 is 0. The van der Waals surface area contributed by atoms with E-state index < -0.39 is 29.9 Å². The number of nitrogens with zero attached hydrogens (tertiary/aromatic N) is 2. The molecule has 0 radical (unpaired) electrons. The largest absolute Gasteiger partial charge is 0.480 e. The van der Waals surface area contributed by atoms with Gasteiger partial charge in [-0.2, -0.15) is 5.10 Å². The molecule has 8 heteroatoms. The minimum Gasteiger partial charge on any atom is -0.480 e. The number of aliphatic carboxylic acids is 2. The topological polar surface area (TPSA) is 119 Å². The second-order valence-electron chi connectivity index (χ2n) is 5.79. The molecule has 134 valence electrons. The lowest BCUT2D eigenvalue weighted by Gasteiger charge is -2.19. The predicted molar refractivity (Wildman–Crippen MR) is 91.5 cm³/mol. The van der Waals surface area contributed by atoms with Crippen LogP contribution in [0.3, 0.4) is 0 Å². The minimum atomic E-state index is -1.12. The van der Waals surface area contributed by atoms with Crippen LogP contribution < -0.4 is 10.3 Å². The Morgan fingerprint density at radius 2 is 1.96 bits per heavy atom. The Bertz CT molecular complexity index is 674. The number of benzene rings is 1. The highest BCUT2D eigenvalue weighted by Gasteiger charge is 2.37. The Labute approximate surface area is 145 Å². The minimum absolute atomic E-state index is 0.0130. The highest BCUT2D eigenvalue weighted by molar-refractivity contribution is 6.40. The van der Waals surface area contributed by atoms with Gasteiger partial charge in [-0.05, 0) is 18.6 Å². The van der Waals surface area contributed by atoms with Gasteiger partial charge in [0.1, 0.15) is 11.8 Å². The number of unbranched alkanes of at least 4 members (excludes halogenated alkanes) is 1. The molecule has 1 aromatic rings. The number of anilines is 1. The lowest BCUT2D eigenvalue weighted by Crippen LogP contribution is -2.44. The van der Waals surface area contributed by atoms with Crippen molar-refractivity contribution in [1.82, 2.24) is 5.32 Å². The van der Waals surface area contributed by atoms with Gasteiger partial charge in [0.15, 0.2) is 6.04 Å². The molecule has 2 atom stereocenters. The maximum Gasteiger partial charge on any atom is 0.328 e. The van der Waals surface area contributed by atoms with E-state index in [2.05, 4.69) is 10.4 Å². The number of hydrogen-bond donors (Lipinski definition) is 3. The van der Waals surface area contributed by atoms with Crippen molar-refractivity contribution in [2.24, 2.45) is 5.10 Å². The van der Waals surface area contributed by atoms with Crippen molar-refractivity contribution < 1.29 is 24.6 Å². The quantitative estimate of drug-likeness (QED) is 0.655. The van der Waals surface area contributed by atoms with Gasteiger partial charge in [-0.3, -0.25) is 9.80 Å². The zero-order chi connectivity index (χ0) is 18.4. The van der Waals surface area contributed by atoms with E-state index in [0.717, 1.165) is 6.42 Å². The fraction of sp³-hybridized carbons (Fsp3) is 0.412. The van der Waals surface area contributed by atoms with Crippen LogP contribution in [0.25, 0.3) is 0 Å². The lowest BCUT2D eigenvalue weighted by atomic mass is 10.1. The van der Waals surface area contributed by atoms with Gasteiger partial charge in [-0.25, -0.2) is 9.59 Å². The summed E-state index contributed by atoms with van der Waals surface area (Å²) in [6, 6.07) is 6.66. The number of para-hydroxylation sites is 1. The standard InChI is InChI=1S/C17H21N3O5/c1-2-3-9-12(16(22)23)18-15(21)13-10-14(17(24)25)20(19-13)11-7-5-4-6-8-11/h4-8,12,14H,2-3,9-10H2,1H3,(H,18,21)(H,22,23)(H,24,25)/t12-,14?/m0/s1. The average Bonchev–Trinajstić information content (AvgIpc) is 3.04. The molecule has 3 N–H and O–H groups in total. The first-order valence-electron chi connectivity index (χ1n) is 8.12. The lowest BCUT2D eigenvalue weighted by molar-refractivity contribution is -0.141. The molecule has 0 fully saturated rings. The molecule has 0 saturated heterocycles. The van der Waals surface area contributed by atoms with Gasteiger partial charge in [-0.1, -0.05) is 38.0 Å². The van der Waals surface area contributed by atoms with Crippen LogP contribution in [0.15, 0.2) is 35.4 Å². The number of carboxylic acids is 2. The van der Waals surface area contributed by atoms with Gasteiger partial charge in [0.05, 0.1) is 5.69 Å². The van der Waals surface area contributed by atoms with Gasteiger partial charge in [0, 0.05) is 6.42 Å². The summed E-state index contributed by atoms with van der Waals surface area (Å²) in [5, 5.41) is 26.4. The Morgan fingerprint density at radius 1 is 1.28 bits per heavy atom. The highest BCUT2D eigenvalue weighted by Crippen LogP contribution is 2.24. The van der Waals surface area contributed by atoms with Crippen LogP contribution in [0.2, 0.25) is 0 Å². The number of carboxylic acid groups (broad SMARTS) is 2. The first kappa shape index (κ1) is 18.4. The molecule has 0 aromatic heterocycles. The van der Waals surface area contributed by atoms with Gasteiger partial charge < -0.3 is 15.5 Å². The SMILES string of the molecule is CCCC[C@H](NC(=O)C1=NN(c2ccccc2)C(C(=O)O)C1)C(=O)O. The maximum absolute atomic E-state index is 12.3. The first-order chi connectivity index (χ1) is 11.9. The van der Waals surface area contributed by atoms with Crippen LogP contribution in [0.4, 0.5) is 5.69 Å². The number of amides is 1. The summed E-state index contributed by atoms with van der Waals surface area (Å²) >= 11 is 0. The van der Waals surface area contributed by atoms with E-state index in [9.17, 15) is 24.6 Å². The van der Waals surface area contributed by atoms with Crippen molar-refractivity contribution in [1.29, 1.82) is 0 Å². The number of nitrogens with one attached hydrogen (secondary N) is 1. The smallest absolute Gasteiger partial charge is 0.328 e. The predicted octanol–water partition coefficient (Wildman–Crippen LogP) is 1.47. The van der Waals surface area contributed by atoms with Crippen molar-refractivity contribution in [2.45, 2.75) is 44.7 Å². The molecule has 0 bridgehead atoms. The Balaban J connectivity index is 2.16. The van der Waals surface area contributed by atoms with E-state index in [1.54, 1.807) is 30.3 Å². The fourth-order valence-corrected chi connectivity index (χ4v) is 2.57. The number of hydrazone groups is 1. The number of rotatable bonds is 8. The summed E-state index contributed by atoms with van der Waals surface area (Å²) in [4.78, 5) is 35.1. The molecule has 1 amide bonds. The molecule has 0 spiro atoms. The third kappa shape index (κ3) is 4.56. The van der Waals surface area contributed by atoms with Gasteiger partial charge >= 0.3 is 11.9 Å². The second-order valence-corrected chi connectivity index (χ2v) is 5.79. The molecule has 1 aliphatic rings. The molecule has 25 heavy (non-hydrogen) atoms. The van der Waals surface area contributed by atoms with E-state index in [1.807, 2.05) is 6.92 Å². The zero-order valence-corrected chi connectivity index (χ0v) is 13.9.